The van der Waals surface area contributed by atoms with Gasteiger partial charge in [-0.15, -0.1) is 11.3 Å². The Kier molecular flexibility index (Phi) is 3.83. The molecule has 0 unspecified atom stereocenters. The van der Waals surface area contributed by atoms with Gasteiger partial charge in [-0.2, -0.15) is 0 Å². The van der Waals surface area contributed by atoms with Crippen LogP contribution < -0.4 is 5.73 Å². The zero-order chi connectivity index (χ0) is 13.1. The van der Waals surface area contributed by atoms with Crippen LogP contribution >= 0.6 is 23.1 Å². The Hall–Kier alpha value is -1.60. The van der Waals surface area contributed by atoms with Gasteiger partial charge in [0.05, 0.1) is 17.6 Å². The van der Waals surface area contributed by atoms with E-state index in [0.29, 0.717) is 9.24 Å². The lowest BCUT2D eigenvalue weighted by Crippen LogP contribution is -2.06. The molecule has 1 aromatic heterocycles. The Morgan fingerprint density at radius 1 is 1.56 bits per heavy atom. The minimum atomic E-state index is -0.589. The molecule has 2 aromatic rings. The molecule has 0 aliphatic rings. The number of halogens is 1. The summed E-state index contributed by atoms with van der Waals surface area (Å²) in [4.78, 5) is 15.8. The van der Waals surface area contributed by atoms with E-state index in [-0.39, 0.29) is 11.3 Å². The van der Waals surface area contributed by atoms with E-state index in [0.717, 1.165) is 17.8 Å². The van der Waals surface area contributed by atoms with E-state index in [1.807, 2.05) is 0 Å². The number of aromatic nitrogens is 1. The monoisotopic (exact) mass is 284 g/mol. The average Bonchev–Trinajstić information content (AvgIpc) is 2.84. The van der Waals surface area contributed by atoms with Gasteiger partial charge in [-0.25, -0.2) is 14.2 Å². The summed E-state index contributed by atoms with van der Waals surface area (Å²) < 4.78 is 19.0. The third kappa shape index (κ3) is 2.62. The molecule has 0 amide bonds. The highest BCUT2D eigenvalue weighted by atomic mass is 32.2. The number of ether oxygens (including phenoxy) is 1. The number of rotatable bonds is 3. The molecular weight excluding hydrogens is 275 g/mol. The molecule has 0 saturated heterocycles. The molecule has 1 aromatic carbocycles. The molecule has 1 heterocycles. The highest BCUT2D eigenvalue weighted by molar-refractivity contribution is 8.01. The Labute approximate surface area is 111 Å². The van der Waals surface area contributed by atoms with Crippen LogP contribution in [-0.4, -0.2) is 18.1 Å². The van der Waals surface area contributed by atoms with E-state index in [9.17, 15) is 9.18 Å². The zero-order valence-electron chi connectivity index (χ0n) is 9.34. The largest absolute Gasteiger partial charge is 0.465 e. The number of thiazole rings is 1. The summed E-state index contributed by atoms with van der Waals surface area (Å²) in [5, 5.41) is 1.79. The predicted molar refractivity (Wildman–Crippen MR) is 68.4 cm³/mol. The minimum absolute atomic E-state index is 0.0582. The maximum absolute atomic E-state index is 13.7. The molecule has 0 radical (unpaired) electrons. The van der Waals surface area contributed by atoms with Gasteiger partial charge >= 0.3 is 5.97 Å². The highest BCUT2D eigenvalue weighted by Crippen LogP contribution is 2.33. The number of methoxy groups -OCH3 is 1. The second kappa shape index (κ2) is 5.36. The van der Waals surface area contributed by atoms with Gasteiger partial charge in [0.25, 0.3) is 0 Å². The number of nitrogen functional groups attached to an aromatic ring is 1. The van der Waals surface area contributed by atoms with Crippen molar-refractivity contribution >= 4 is 34.8 Å². The number of hydrogen-bond acceptors (Lipinski definition) is 6. The number of nitrogens with two attached hydrogens (primary N) is 1. The van der Waals surface area contributed by atoms with Gasteiger partial charge < -0.3 is 10.5 Å². The van der Waals surface area contributed by atoms with Gasteiger partial charge in [0.2, 0.25) is 0 Å². The lowest BCUT2D eigenvalue weighted by Gasteiger charge is -2.07. The number of hydrogen-bond donors (Lipinski definition) is 1. The van der Waals surface area contributed by atoms with Crippen molar-refractivity contribution < 1.29 is 13.9 Å². The number of carbonyl (C=O) groups is 1. The van der Waals surface area contributed by atoms with E-state index >= 15 is 0 Å². The van der Waals surface area contributed by atoms with Crippen LogP contribution in [0.1, 0.15) is 10.4 Å². The molecule has 0 bridgehead atoms. The van der Waals surface area contributed by atoms with Gasteiger partial charge in [-0.05, 0) is 12.1 Å². The van der Waals surface area contributed by atoms with Crippen LogP contribution in [0.25, 0.3) is 0 Å². The molecule has 4 nitrogen and oxygen atoms in total. The van der Waals surface area contributed by atoms with Gasteiger partial charge in [-0.1, -0.05) is 11.8 Å². The molecule has 0 saturated carbocycles. The summed E-state index contributed by atoms with van der Waals surface area (Å²) in [7, 11) is 1.25. The second-order valence-electron chi connectivity index (χ2n) is 3.26. The lowest BCUT2D eigenvalue weighted by atomic mass is 10.2. The van der Waals surface area contributed by atoms with Crippen LogP contribution in [0.15, 0.2) is 32.9 Å². The fraction of sp³-hybridized carbons (Fsp3) is 0.0909. The molecular formula is C11H9FN2O2S2. The van der Waals surface area contributed by atoms with Crippen molar-refractivity contribution in [2.24, 2.45) is 0 Å². The fourth-order valence-electron chi connectivity index (χ4n) is 1.29. The standard InChI is InChI=1S/C11H9FN2O2S2/c1-16-10(15)6-4-9(7(12)5-8(6)13)18-11-14-2-3-17-11/h2-5H,13H2,1H3. The molecule has 18 heavy (non-hydrogen) atoms. The van der Waals surface area contributed by atoms with Crippen LogP contribution in [-0.2, 0) is 4.74 Å². The Balaban J connectivity index is 2.38. The molecule has 0 aliphatic carbocycles. The molecule has 0 spiro atoms. The van der Waals surface area contributed by atoms with Crippen molar-refractivity contribution in [3.8, 4) is 0 Å². The third-order valence-electron chi connectivity index (χ3n) is 2.12. The normalized spacial score (nSPS) is 10.3. The van der Waals surface area contributed by atoms with E-state index in [1.165, 1.54) is 24.5 Å². The first kappa shape index (κ1) is 12.8. The predicted octanol–water partition coefficient (Wildman–Crippen LogP) is 2.80. The Morgan fingerprint density at radius 2 is 2.33 bits per heavy atom. The first-order chi connectivity index (χ1) is 8.61. The van der Waals surface area contributed by atoms with Crippen LogP contribution in [0.3, 0.4) is 0 Å². The number of esters is 1. The van der Waals surface area contributed by atoms with E-state index in [2.05, 4.69) is 9.72 Å². The van der Waals surface area contributed by atoms with E-state index < -0.39 is 11.8 Å². The summed E-state index contributed by atoms with van der Waals surface area (Å²) >= 11 is 2.53. The smallest absolute Gasteiger partial charge is 0.339 e. The highest BCUT2D eigenvalue weighted by Gasteiger charge is 2.15. The second-order valence-corrected chi connectivity index (χ2v) is 5.45. The van der Waals surface area contributed by atoms with Crippen LogP contribution in [0.2, 0.25) is 0 Å². The van der Waals surface area contributed by atoms with Crippen LogP contribution in [0.4, 0.5) is 10.1 Å². The molecule has 94 valence electrons. The number of nitrogens with zero attached hydrogens (tertiary/aromatic N) is 1. The van der Waals surface area contributed by atoms with Gasteiger partial charge in [0.1, 0.15) is 5.82 Å². The van der Waals surface area contributed by atoms with Crippen molar-refractivity contribution in [2.45, 2.75) is 9.24 Å². The summed E-state index contributed by atoms with van der Waals surface area (Å²) in [5.41, 5.74) is 5.79. The molecule has 7 heteroatoms. The van der Waals surface area contributed by atoms with Crippen molar-refractivity contribution in [1.82, 2.24) is 4.98 Å². The van der Waals surface area contributed by atoms with Crippen molar-refractivity contribution in [1.29, 1.82) is 0 Å². The molecule has 0 atom stereocenters. The molecule has 0 aliphatic heterocycles. The first-order valence-electron chi connectivity index (χ1n) is 4.86. The summed E-state index contributed by atoms with van der Waals surface area (Å²) in [5.74, 6) is -1.08. The van der Waals surface area contributed by atoms with Crippen LogP contribution in [0, 0.1) is 5.82 Å². The number of carbonyl (C=O) groups excluding carboxylic acids is 1. The quantitative estimate of drug-likeness (QED) is 0.693. The molecule has 0 fully saturated rings. The summed E-state index contributed by atoms with van der Waals surface area (Å²) in [6, 6.07) is 2.49. The van der Waals surface area contributed by atoms with Crippen molar-refractivity contribution in [2.75, 3.05) is 12.8 Å². The minimum Gasteiger partial charge on any atom is -0.465 e. The third-order valence-corrected chi connectivity index (χ3v) is 4.03. The Morgan fingerprint density at radius 3 is 2.94 bits per heavy atom. The van der Waals surface area contributed by atoms with Crippen molar-refractivity contribution in [3.05, 3.63) is 35.1 Å². The molecule has 2 rings (SSSR count). The maximum atomic E-state index is 13.7. The van der Waals surface area contributed by atoms with Gasteiger partial charge in [0, 0.05) is 17.3 Å². The van der Waals surface area contributed by atoms with E-state index in [1.54, 1.807) is 11.6 Å². The first-order valence-corrected chi connectivity index (χ1v) is 6.56. The fourth-order valence-corrected chi connectivity index (χ4v) is 2.91. The lowest BCUT2D eigenvalue weighted by molar-refractivity contribution is 0.0601. The van der Waals surface area contributed by atoms with Crippen molar-refractivity contribution in [3.63, 3.8) is 0 Å². The molecule has 2 N–H and O–H groups in total. The van der Waals surface area contributed by atoms with E-state index in [4.69, 9.17) is 5.73 Å². The SMILES string of the molecule is COC(=O)c1cc(Sc2nccs2)c(F)cc1N. The summed E-state index contributed by atoms with van der Waals surface area (Å²) in [6.07, 6.45) is 1.63. The average molecular weight is 284 g/mol. The van der Waals surface area contributed by atoms with Crippen LogP contribution in [0.5, 0.6) is 0 Å². The maximum Gasteiger partial charge on any atom is 0.339 e. The summed E-state index contributed by atoms with van der Waals surface area (Å²) in [6.45, 7) is 0. The van der Waals surface area contributed by atoms with Gasteiger partial charge in [-0.3, -0.25) is 0 Å². The topological polar surface area (TPSA) is 65.2 Å². The zero-order valence-corrected chi connectivity index (χ0v) is 11.0. The Bertz CT molecular complexity index is 573. The van der Waals surface area contributed by atoms with Gasteiger partial charge in [0.15, 0.2) is 4.34 Å². The number of anilines is 1. The number of benzene rings is 1.